The molecule has 0 amide bonds. The number of nitrogens with zero attached hydrogens (tertiary/aromatic N) is 1. The SMILES string of the molecule is CC(C)Oc1ncccc1NC1COc2cc(O)ccc21. The Morgan fingerprint density at radius 1 is 1.38 bits per heavy atom. The maximum Gasteiger partial charge on any atom is 0.237 e. The smallest absolute Gasteiger partial charge is 0.237 e. The van der Waals surface area contributed by atoms with Gasteiger partial charge in [-0.1, -0.05) is 0 Å². The number of aromatic hydroxyl groups is 1. The fourth-order valence-corrected chi connectivity index (χ4v) is 2.32. The lowest BCUT2D eigenvalue weighted by atomic mass is 10.1. The van der Waals surface area contributed by atoms with E-state index in [4.69, 9.17) is 9.47 Å². The molecule has 0 saturated heterocycles. The summed E-state index contributed by atoms with van der Waals surface area (Å²) in [5.74, 6) is 1.50. The summed E-state index contributed by atoms with van der Waals surface area (Å²) in [5, 5.41) is 12.9. The van der Waals surface area contributed by atoms with Gasteiger partial charge in [-0.2, -0.15) is 0 Å². The monoisotopic (exact) mass is 286 g/mol. The Balaban J connectivity index is 1.83. The van der Waals surface area contributed by atoms with Gasteiger partial charge in [-0.05, 0) is 38.1 Å². The van der Waals surface area contributed by atoms with E-state index in [1.807, 2.05) is 32.0 Å². The summed E-state index contributed by atoms with van der Waals surface area (Å²) < 4.78 is 11.3. The standard InChI is InChI=1S/C16H18N2O3/c1-10(2)21-16-13(4-3-7-17-16)18-14-9-20-15-8-11(19)5-6-12(14)15/h3-8,10,14,18-19H,9H2,1-2H3. The normalized spacial score (nSPS) is 16.4. The van der Waals surface area contributed by atoms with Gasteiger partial charge in [0.25, 0.3) is 0 Å². The van der Waals surface area contributed by atoms with Gasteiger partial charge in [-0.15, -0.1) is 0 Å². The van der Waals surface area contributed by atoms with Gasteiger partial charge in [0.15, 0.2) is 0 Å². The molecule has 3 rings (SSSR count). The van der Waals surface area contributed by atoms with Crippen LogP contribution in [0.4, 0.5) is 5.69 Å². The van der Waals surface area contributed by atoms with Gasteiger partial charge in [0.2, 0.25) is 5.88 Å². The fourth-order valence-electron chi connectivity index (χ4n) is 2.32. The second-order valence-corrected chi connectivity index (χ2v) is 5.25. The topological polar surface area (TPSA) is 63.6 Å². The van der Waals surface area contributed by atoms with E-state index in [1.165, 1.54) is 0 Å². The van der Waals surface area contributed by atoms with Crippen molar-refractivity contribution in [2.24, 2.45) is 0 Å². The molecular formula is C16H18N2O3. The average Bonchev–Trinajstić information content (AvgIpc) is 2.83. The molecule has 2 N–H and O–H groups in total. The van der Waals surface area contributed by atoms with Crippen LogP contribution < -0.4 is 14.8 Å². The molecule has 0 bridgehead atoms. The number of nitrogens with one attached hydrogen (secondary N) is 1. The molecular weight excluding hydrogens is 268 g/mol. The van der Waals surface area contributed by atoms with E-state index in [1.54, 1.807) is 18.3 Å². The van der Waals surface area contributed by atoms with Crippen LogP contribution in [0.5, 0.6) is 17.4 Å². The molecule has 1 aromatic carbocycles. The highest BCUT2D eigenvalue weighted by atomic mass is 16.5. The molecule has 1 aliphatic heterocycles. The molecule has 0 saturated carbocycles. The van der Waals surface area contributed by atoms with E-state index in [0.717, 1.165) is 11.3 Å². The number of pyridine rings is 1. The minimum Gasteiger partial charge on any atom is -0.508 e. The van der Waals surface area contributed by atoms with Crippen LogP contribution in [0.3, 0.4) is 0 Å². The number of phenols is 1. The Kier molecular flexibility index (Phi) is 3.56. The second kappa shape index (κ2) is 5.52. The number of anilines is 1. The number of hydrogen-bond acceptors (Lipinski definition) is 5. The number of benzene rings is 1. The van der Waals surface area contributed by atoms with Gasteiger partial charge in [0, 0.05) is 17.8 Å². The van der Waals surface area contributed by atoms with E-state index >= 15 is 0 Å². The molecule has 0 aliphatic carbocycles. The number of aromatic nitrogens is 1. The summed E-state index contributed by atoms with van der Waals surface area (Å²) in [6, 6.07) is 8.98. The minimum atomic E-state index is 0.0133. The predicted molar refractivity (Wildman–Crippen MR) is 80.0 cm³/mol. The van der Waals surface area contributed by atoms with Gasteiger partial charge in [0.1, 0.15) is 18.1 Å². The van der Waals surface area contributed by atoms with Gasteiger partial charge in [0.05, 0.1) is 17.8 Å². The third kappa shape index (κ3) is 2.86. The quantitative estimate of drug-likeness (QED) is 0.904. The van der Waals surface area contributed by atoms with Crippen molar-refractivity contribution in [1.29, 1.82) is 0 Å². The third-order valence-electron chi connectivity index (χ3n) is 3.23. The number of ether oxygens (including phenoxy) is 2. The predicted octanol–water partition coefficient (Wildman–Crippen LogP) is 3.12. The molecule has 5 nitrogen and oxygen atoms in total. The number of hydrogen-bond donors (Lipinski definition) is 2. The molecule has 21 heavy (non-hydrogen) atoms. The van der Waals surface area contributed by atoms with Crippen LogP contribution in [0.2, 0.25) is 0 Å². The lowest BCUT2D eigenvalue weighted by Crippen LogP contribution is -2.15. The van der Waals surface area contributed by atoms with E-state index in [9.17, 15) is 5.11 Å². The first-order chi connectivity index (χ1) is 10.1. The molecule has 1 aliphatic rings. The number of rotatable bonds is 4. The van der Waals surface area contributed by atoms with Crippen molar-refractivity contribution in [3.8, 4) is 17.4 Å². The molecule has 1 atom stereocenters. The highest BCUT2D eigenvalue weighted by molar-refractivity contribution is 5.56. The molecule has 1 unspecified atom stereocenters. The summed E-state index contributed by atoms with van der Waals surface area (Å²) in [6.07, 6.45) is 1.77. The van der Waals surface area contributed by atoms with Crippen LogP contribution >= 0.6 is 0 Å². The summed E-state index contributed by atoms with van der Waals surface area (Å²) in [6.45, 7) is 4.44. The molecule has 0 radical (unpaired) electrons. The zero-order chi connectivity index (χ0) is 14.8. The zero-order valence-corrected chi connectivity index (χ0v) is 12.0. The number of fused-ring (bicyclic) bond motifs is 1. The Hall–Kier alpha value is -2.43. The van der Waals surface area contributed by atoms with Crippen molar-refractivity contribution in [2.45, 2.75) is 26.0 Å². The lowest BCUT2D eigenvalue weighted by Gasteiger charge is -2.17. The molecule has 5 heteroatoms. The first-order valence-corrected chi connectivity index (χ1v) is 6.97. The van der Waals surface area contributed by atoms with Crippen molar-refractivity contribution in [2.75, 3.05) is 11.9 Å². The van der Waals surface area contributed by atoms with Crippen molar-refractivity contribution in [3.05, 3.63) is 42.1 Å². The molecule has 2 heterocycles. The summed E-state index contributed by atoms with van der Waals surface area (Å²) in [7, 11) is 0. The summed E-state index contributed by atoms with van der Waals surface area (Å²) in [5.41, 5.74) is 1.85. The largest absolute Gasteiger partial charge is 0.508 e. The van der Waals surface area contributed by atoms with E-state index < -0.39 is 0 Å². The van der Waals surface area contributed by atoms with Crippen molar-refractivity contribution in [1.82, 2.24) is 4.98 Å². The van der Waals surface area contributed by atoms with Crippen molar-refractivity contribution < 1.29 is 14.6 Å². The zero-order valence-electron chi connectivity index (χ0n) is 12.0. The maximum atomic E-state index is 9.49. The Morgan fingerprint density at radius 3 is 3.05 bits per heavy atom. The highest BCUT2D eigenvalue weighted by Gasteiger charge is 2.25. The highest BCUT2D eigenvalue weighted by Crippen LogP contribution is 2.37. The van der Waals surface area contributed by atoms with Gasteiger partial charge >= 0.3 is 0 Å². The van der Waals surface area contributed by atoms with E-state index in [-0.39, 0.29) is 17.9 Å². The van der Waals surface area contributed by atoms with Crippen LogP contribution in [0.15, 0.2) is 36.5 Å². The Morgan fingerprint density at radius 2 is 2.24 bits per heavy atom. The molecule has 2 aromatic rings. The lowest BCUT2D eigenvalue weighted by molar-refractivity contribution is 0.233. The Bertz CT molecular complexity index is 643. The first kappa shape index (κ1) is 13.5. The van der Waals surface area contributed by atoms with E-state index in [0.29, 0.717) is 18.2 Å². The van der Waals surface area contributed by atoms with Crippen LogP contribution in [-0.2, 0) is 0 Å². The maximum absolute atomic E-state index is 9.49. The number of phenolic OH excluding ortho intramolecular Hbond substituents is 1. The Labute approximate surface area is 123 Å². The fraction of sp³-hybridized carbons (Fsp3) is 0.312. The first-order valence-electron chi connectivity index (χ1n) is 6.97. The summed E-state index contributed by atoms with van der Waals surface area (Å²) in [4.78, 5) is 4.27. The van der Waals surface area contributed by atoms with Gasteiger partial charge in [-0.3, -0.25) is 0 Å². The average molecular weight is 286 g/mol. The van der Waals surface area contributed by atoms with Crippen molar-refractivity contribution >= 4 is 5.69 Å². The van der Waals surface area contributed by atoms with Crippen LogP contribution in [0, 0.1) is 0 Å². The minimum absolute atomic E-state index is 0.0133. The molecule has 110 valence electrons. The second-order valence-electron chi connectivity index (χ2n) is 5.25. The summed E-state index contributed by atoms with van der Waals surface area (Å²) >= 11 is 0. The molecule has 1 aromatic heterocycles. The van der Waals surface area contributed by atoms with Crippen molar-refractivity contribution in [3.63, 3.8) is 0 Å². The van der Waals surface area contributed by atoms with Crippen LogP contribution in [0.25, 0.3) is 0 Å². The molecule has 0 fully saturated rings. The van der Waals surface area contributed by atoms with Gasteiger partial charge < -0.3 is 19.9 Å². The third-order valence-corrected chi connectivity index (χ3v) is 3.23. The molecule has 0 spiro atoms. The van der Waals surface area contributed by atoms with E-state index in [2.05, 4.69) is 10.3 Å². The van der Waals surface area contributed by atoms with Crippen LogP contribution in [0.1, 0.15) is 25.5 Å². The van der Waals surface area contributed by atoms with Crippen LogP contribution in [-0.4, -0.2) is 22.8 Å². The van der Waals surface area contributed by atoms with Gasteiger partial charge in [-0.25, -0.2) is 4.98 Å².